The third-order valence-electron chi connectivity index (χ3n) is 4.44. The van der Waals surface area contributed by atoms with Gasteiger partial charge in [-0.2, -0.15) is 0 Å². The van der Waals surface area contributed by atoms with E-state index in [2.05, 4.69) is 54.9 Å². The van der Waals surface area contributed by atoms with Crippen LogP contribution in [0.4, 0.5) is 5.69 Å². The average Bonchev–Trinajstić information content (AvgIpc) is 2.55. The first-order valence-corrected chi connectivity index (χ1v) is 8.11. The van der Waals surface area contributed by atoms with E-state index in [0.29, 0.717) is 5.69 Å². The van der Waals surface area contributed by atoms with Crippen molar-refractivity contribution >= 4 is 11.6 Å². The number of aromatic nitrogens is 1. The second-order valence-corrected chi connectivity index (χ2v) is 6.37. The van der Waals surface area contributed by atoms with Crippen molar-refractivity contribution in [1.82, 2.24) is 9.88 Å². The van der Waals surface area contributed by atoms with Crippen LogP contribution >= 0.6 is 0 Å². The van der Waals surface area contributed by atoms with Crippen molar-refractivity contribution in [2.75, 3.05) is 18.0 Å². The van der Waals surface area contributed by atoms with E-state index in [-0.39, 0.29) is 18.0 Å². The van der Waals surface area contributed by atoms with Crippen LogP contribution in [0.5, 0.6) is 0 Å². The second kappa shape index (κ2) is 6.41. The maximum absolute atomic E-state index is 12.8. The van der Waals surface area contributed by atoms with Crippen LogP contribution in [0.2, 0.25) is 0 Å². The van der Waals surface area contributed by atoms with Gasteiger partial charge in [-0.15, -0.1) is 0 Å². The van der Waals surface area contributed by atoms with Gasteiger partial charge in [-0.1, -0.05) is 23.8 Å². The van der Waals surface area contributed by atoms with Crippen molar-refractivity contribution in [2.24, 2.45) is 0 Å². The molecule has 1 aromatic heterocycles. The van der Waals surface area contributed by atoms with Gasteiger partial charge in [0.15, 0.2) is 0 Å². The number of pyridine rings is 1. The van der Waals surface area contributed by atoms with Gasteiger partial charge in [-0.25, -0.2) is 0 Å². The fourth-order valence-corrected chi connectivity index (χ4v) is 3.31. The van der Waals surface area contributed by atoms with Gasteiger partial charge >= 0.3 is 0 Å². The summed E-state index contributed by atoms with van der Waals surface area (Å²) in [6, 6.07) is 14.4. The zero-order valence-electron chi connectivity index (χ0n) is 13.9. The molecule has 120 valence electrons. The molecule has 1 aliphatic heterocycles. The zero-order valence-corrected chi connectivity index (χ0v) is 13.9. The quantitative estimate of drug-likeness (QED) is 0.855. The van der Waals surface area contributed by atoms with Gasteiger partial charge in [0, 0.05) is 37.1 Å². The van der Waals surface area contributed by atoms with E-state index in [0.717, 1.165) is 13.1 Å². The first-order valence-electron chi connectivity index (χ1n) is 8.11. The van der Waals surface area contributed by atoms with Crippen LogP contribution in [-0.2, 0) is 0 Å². The van der Waals surface area contributed by atoms with Gasteiger partial charge in [0.25, 0.3) is 5.91 Å². The Morgan fingerprint density at radius 2 is 1.70 bits per heavy atom. The highest BCUT2D eigenvalue weighted by Crippen LogP contribution is 2.24. The van der Waals surface area contributed by atoms with Crippen LogP contribution < -0.4 is 4.90 Å². The van der Waals surface area contributed by atoms with Crippen LogP contribution in [0.1, 0.15) is 29.9 Å². The molecule has 1 amide bonds. The van der Waals surface area contributed by atoms with Crippen LogP contribution in [0, 0.1) is 6.92 Å². The number of benzene rings is 1. The van der Waals surface area contributed by atoms with Gasteiger partial charge < -0.3 is 9.80 Å². The first-order chi connectivity index (χ1) is 11.1. The van der Waals surface area contributed by atoms with Crippen LogP contribution in [0.3, 0.4) is 0 Å². The summed E-state index contributed by atoms with van der Waals surface area (Å²) in [5.74, 6) is 0.0224. The van der Waals surface area contributed by atoms with Crippen molar-refractivity contribution < 1.29 is 4.79 Å². The molecule has 4 heteroatoms. The topological polar surface area (TPSA) is 36.4 Å². The Hall–Kier alpha value is -2.36. The summed E-state index contributed by atoms with van der Waals surface area (Å²) in [5.41, 5.74) is 3.01. The molecule has 3 rings (SSSR count). The van der Waals surface area contributed by atoms with E-state index in [1.54, 1.807) is 12.3 Å². The number of hydrogen-bond donors (Lipinski definition) is 0. The summed E-state index contributed by atoms with van der Waals surface area (Å²) in [5, 5.41) is 0. The molecular formula is C19H23N3O. The highest BCUT2D eigenvalue weighted by atomic mass is 16.2. The largest absolute Gasteiger partial charge is 0.367 e. The number of piperazine rings is 1. The summed E-state index contributed by atoms with van der Waals surface area (Å²) in [6.07, 6.45) is 1.67. The second-order valence-electron chi connectivity index (χ2n) is 6.37. The van der Waals surface area contributed by atoms with E-state index in [9.17, 15) is 4.79 Å². The minimum Gasteiger partial charge on any atom is -0.367 e. The molecule has 0 spiro atoms. The lowest BCUT2D eigenvalue weighted by atomic mass is 10.1. The Labute approximate surface area is 137 Å². The normalized spacial score (nSPS) is 21.3. The molecule has 0 radical (unpaired) electrons. The summed E-state index contributed by atoms with van der Waals surface area (Å²) in [7, 11) is 0. The highest BCUT2D eigenvalue weighted by Gasteiger charge is 2.33. The minimum absolute atomic E-state index is 0.0224. The van der Waals surface area contributed by atoms with Crippen molar-refractivity contribution in [3.05, 3.63) is 59.9 Å². The molecule has 0 bridgehead atoms. The third kappa shape index (κ3) is 3.21. The SMILES string of the molecule is Cc1ccc(N2CC(C)N(C(=O)c3ccccn3)C(C)C2)cc1. The number of amides is 1. The third-order valence-corrected chi connectivity index (χ3v) is 4.44. The maximum atomic E-state index is 12.8. The highest BCUT2D eigenvalue weighted by molar-refractivity contribution is 5.92. The Morgan fingerprint density at radius 3 is 2.26 bits per heavy atom. The number of carbonyl (C=O) groups excluding carboxylic acids is 1. The lowest BCUT2D eigenvalue weighted by Crippen LogP contribution is -2.58. The molecule has 1 aromatic carbocycles. The van der Waals surface area contributed by atoms with Gasteiger partial charge in [0.1, 0.15) is 5.69 Å². The molecule has 23 heavy (non-hydrogen) atoms. The number of aryl methyl sites for hydroxylation is 1. The summed E-state index contributed by atoms with van der Waals surface area (Å²) < 4.78 is 0. The maximum Gasteiger partial charge on any atom is 0.273 e. The molecule has 2 atom stereocenters. The lowest BCUT2D eigenvalue weighted by molar-refractivity contribution is 0.0568. The predicted octanol–water partition coefficient (Wildman–Crippen LogP) is 3.13. The minimum atomic E-state index is 0.0224. The monoisotopic (exact) mass is 309 g/mol. The Balaban J connectivity index is 1.77. The zero-order chi connectivity index (χ0) is 16.4. The standard InChI is InChI=1S/C19H23N3O/c1-14-7-9-17(10-8-14)21-12-15(2)22(16(3)13-21)19(23)18-6-4-5-11-20-18/h4-11,15-16H,12-13H2,1-3H3. The molecule has 1 saturated heterocycles. The molecule has 2 heterocycles. The fraction of sp³-hybridized carbons (Fsp3) is 0.368. The fourth-order valence-electron chi connectivity index (χ4n) is 3.31. The van der Waals surface area contributed by atoms with Gasteiger partial charge in [0.2, 0.25) is 0 Å². The molecule has 1 fully saturated rings. The van der Waals surface area contributed by atoms with Crippen molar-refractivity contribution in [2.45, 2.75) is 32.9 Å². The lowest BCUT2D eigenvalue weighted by Gasteiger charge is -2.45. The Bertz CT molecular complexity index is 657. The number of hydrogen-bond acceptors (Lipinski definition) is 3. The molecule has 0 aliphatic carbocycles. The predicted molar refractivity (Wildman–Crippen MR) is 92.7 cm³/mol. The molecule has 2 unspecified atom stereocenters. The Morgan fingerprint density at radius 1 is 1.04 bits per heavy atom. The van der Waals surface area contributed by atoms with Crippen molar-refractivity contribution in [1.29, 1.82) is 0 Å². The van der Waals surface area contributed by atoms with E-state index >= 15 is 0 Å². The van der Waals surface area contributed by atoms with Crippen LogP contribution in [0.15, 0.2) is 48.7 Å². The van der Waals surface area contributed by atoms with Gasteiger partial charge in [-0.3, -0.25) is 9.78 Å². The summed E-state index contributed by atoms with van der Waals surface area (Å²) in [4.78, 5) is 21.3. The number of nitrogens with zero attached hydrogens (tertiary/aromatic N) is 3. The molecule has 0 N–H and O–H groups in total. The average molecular weight is 309 g/mol. The van der Waals surface area contributed by atoms with E-state index in [4.69, 9.17) is 0 Å². The number of carbonyl (C=O) groups is 1. The smallest absolute Gasteiger partial charge is 0.273 e. The van der Waals surface area contributed by atoms with E-state index in [1.807, 2.05) is 17.0 Å². The molecule has 4 nitrogen and oxygen atoms in total. The van der Waals surface area contributed by atoms with Crippen LogP contribution in [-0.4, -0.2) is 41.0 Å². The Kier molecular flexibility index (Phi) is 4.33. The number of anilines is 1. The summed E-state index contributed by atoms with van der Waals surface area (Å²) in [6.45, 7) is 7.99. The van der Waals surface area contributed by atoms with Crippen LogP contribution in [0.25, 0.3) is 0 Å². The van der Waals surface area contributed by atoms with E-state index in [1.165, 1.54) is 11.3 Å². The summed E-state index contributed by atoms with van der Waals surface area (Å²) >= 11 is 0. The first kappa shape index (κ1) is 15.5. The van der Waals surface area contributed by atoms with E-state index < -0.39 is 0 Å². The molecule has 0 saturated carbocycles. The van der Waals surface area contributed by atoms with Gasteiger partial charge in [-0.05, 0) is 45.0 Å². The van der Waals surface area contributed by atoms with Crippen molar-refractivity contribution in [3.8, 4) is 0 Å². The molecule has 1 aliphatic rings. The van der Waals surface area contributed by atoms with Crippen molar-refractivity contribution in [3.63, 3.8) is 0 Å². The number of rotatable bonds is 2. The molecular weight excluding hydrogens is 286 g/mol. The van der Waals surface area contributed by atoms with Gasteiger partial charge in [0.05, 0.1) is 0 Å². The molecule has 2 aromatic rings.